The summed E-state index contributed by atoms with van der Waals surface area (Å²) in [5.41, 5.74) is 1.23. The van der Waals surface area contributed by atoms with Crippen molar-refractivity contribution in [2.24, 2.45) is 0 Å². The van der Waals surface area contributed by atoms with Gasteiger partial charge in [0, 0.05) is 45.1 Å². The maximum atomic E-state index is 11.8. The molecule has 0 spiro atoms. The lowest BCUT2D eigenvalue weighted by molar-refractivity contribution is 0.600. The highest BCUT2D eigenvalue weighted by Gasteiger charge is 2.31. The second kappa shape index (κ2) is 7.57. The van der Waals surface area contributed by atoms with Gasteiger partial charge >= 0.3 is 0 Å². The number of hydrogen-bond donors (Lipinski definition) is 0. The molecule has 26 heavy (non-hydrogen) atoms. The van der Waals surface area contributed by atoms with E-state index in [1.807, 2.05) is 44.1 Å². The van der Waals surface area contributed by atoms with Crippen LogP contribution >= 0.6 is 0 Å². The van der Waals surface area contributed by atoms with Gasteiger partial charge in [-0.25, -0.2) is 18.4 Å². The van der Waals surface area contributed by atoms with Crippen LogP contribution in [0.1, 0.15) is 17.8 Å². The zero-order chi connectivity index (χ0) is 18.7. The van der Waals surface area contributed by atoms with Crippen LogP contribution in [0.15, 0.2) is 30.6 Å². The quantitative estimate of drug-likeness (QED) is 0.757. The Morgan fingerprint density at radius 1 is 1.15 bits per heavy atom. The van der Waals surface area contributed by atoms with Gasteiger partial charge in [-0.1, -0.05) is 0 Å². The van der Waals surface area contributed by atoms with Crippen molar-refractivity contribution in [3.63, 3.8) is 0 Å². The second-order valence-electron chi connectivity index (χ2n) is 6.83. The number of rotatable bonds is 6. The molecule has 0 aliphatic carbocycles. The van der Waals surface area contributed by atoms with Crippen LogP contribution in [0.25, 0.3) is 0 Å². The molecule has 2 aromatic heterocycles. The van der Waals surface area contributed by atoms with Crippen molar-refractivity contribution in [1.82, 2.24) is 15.0 Å². The van der Waals surface area contributed by atoms with E-state index in [0.717, 1.165) is 24.6 Å². The highest BCUT2D eigenvalue weighted by Crippen LogP contribution is 2.24. The number of nitrogens with zero attached hydrogens (tertiary/aromatic N) is 5. The summed E-state index contributed by atoms with van der Waals surface area (Å²) >= 11 is 0. The van der Waals surface area contributed by atoms with E-state index in [4.69, 9.17) is 0 Å². The van der Waals surface area contributed by atoms with Gasteiger partial charge in [0.15, 0.2) is 9.84 Å². The number of hydrogen-bond acceptors (Lipinski definition) is 7. The number of sulfone groups is 1. The highest BCUT2D eigenvalue weighted by atomic mass is 32.2. The van der Waals surface area contributed by atoms with Crippen molar-refractivity contribution in [1.29, 1.82) is 0 Å². The zero-order valence-electron chi connectivity index (χ0n) is 15.5. The minimum Gasteiger partial charge on any atom is -0.359 e. The van der Waals surface area contributed by atoms with E-state index >= 15 is 0 Å². The van der Waals surface area contributed by atoms with Crippen LogP contribution in [0.4, 0.5) is 11.6 Å². The Kier molecular flexibility index (Phi) is 5.41. The minimum atomic E-state index is -2.92. The summed E-state index contributed by atoms with van der Waals surface area (Å²) < 4.78 is 23.5. The summed E-state index contributed by atoms with van der Waals surface area (Å²) in [5.74, 6) is 2.74. The first-order chi connectivity index (χ1) is 12.3. The monoisotopic (exact) mass is 375 g/mol. The second-order valence-corrected chi connectivity index (χ2v) is 9.06. The molecule has 0 bridgehead atoms. The van der Waals surface area contributed by atoms with Gasteiger partial charge in [-0.2, -0.15) is 0 Å². The molecule has 140 valence electrons. The molecule has 1 unspecified atom stereocenters. The molecular weight excluding hydrogens is 350 g/mol. The summed E-state index contributed by atoms with van der Waals surface area (Å²) in [6.45, 7) is 2.68. The van der Waals surface area contributed by atoms with Crippen molar-refractivity contribution in [2.45, 2.75) is 25.8 Å². The molecule has 0 radical (unpaired) electrons. The van der Waals surface area contributed by atoms with E-state index in [1.165, 1.54) is 5.56 Å². The van der Waals surface area contributed by atoms with E-state index in [0.29, 0.717) is 12.2 Å². The van der Waals surface area contributed by atoms with Crippen molar-refractivity contribution in [2.75, 3.05) is 41.9 Å². The molecular formula is C18H25N5O2S. The molecule has 1 aliphatic heterocycles. The van der Waals surface area contributed by atoms with Crippen LogP contribution in [0.3, 0.4) is 0 Å². The van der Waals surface area contributed by atoms with Crippen molar-refractivity contribution in [3.05, 3.63) is 42.0 Å². The highest BCUT2D eigenvalue weighted by molar-refractivity contribution is 7.91. The maximum absolute atomic E-state index is 11.8. The van der Waals surface area contributed by atoms with Crippen molar-refractivity contribution < 1.29 is 8.42 Å². The Labute approximate surface area is 155 Å². The minimum absolute atomic E-state index is 0.0238. The number of pyridine rings is 1. The normalized spacial score (nSPS) is 18.7. The van der Waals surface area contributed by atoms with Gasteiger partial charge in [-0.15, -0.1) is 0 Å². The van der Waals surface area contributed by atoms with Crippen LogP contribution in [0.5, 0.6) is 0 Å². The summed E-state index contributed by atoms with van der Waals surface area (Å²) in [7, 11) is 0.993. The molecule has 1 saturated heterocycles. The van der Waals surface area contributed by atoms with E-state index < -0.39 is 9.84 Å². The third-order valence-electron chi connectivity index (χ3n) is 4.80. The lowest BCUT2D eigenvalue weighted by Gasteiger charge is -2.26. The summed E-state index contributed by atoms with van der Waals surface area (Å²) in [4.78, 5) is 17.2. The van der Waals surface area contributed by atoms with Gasteiger partial charge in [-0.3, -0.25) is 4.98 Å². The molecule has 1 atom stereocenters. The van der Waals surface area contributed by atoms with Crippen molar-refractivity contribution in [3.8, 4) is 0 Å². The molecule has 1 fully saturated rings. The molecule has 7 nitrogen and oxygen atoms in total. The summed E-state index contributed by atoms with van der Waals surface area (Å²) in [6.07, 6.45) is 5.14. The fraction of sp³-hybridized carbons (Fsp3) is 0.500. The Bertz CT molecular complexity index is 857. The number of aryl methyl sites for hydroxylation is 1. The zero-order valence-corrected chi connectivity index (χ0v) is 16.3. The molecule has 1 aliphatic rings. The number of likely N-dealkylation sites (N-methyl/N-ethyl adjacent to an activating group) is 1. The molecule has 0 aromatic carbocycles. The summed E-state index contributed by atoms with van der Waals surface area (Å²) in [5, 5.41) is 0. The molecule has 0 N–H and O–H groups in total. The molecule has 2 aromatic rings. The third kappa shape index (κ3) is 4.49. The molecule has 0 saturated carbocycles. The molecule has 8 heteroatoms. The van der Waals surface area contributed by atoms with E-state index in [2.05, 4.69) is 19.9 Å². The van der Waals surface area contributed by atoms with Gasteiger partial charge < -0.3 is 9.80 Å². The predicted molar refractivity (Wildman–Crippen MR) is 103 cm³/mol. The van der Waals surface area contributed by atoms with E-state index in [1.54, 1.807) is 12.4 Å². The van der Waals surface area contributed by atoms with Crippen LogP contribution in [0.2, 0.25) is 0 Å². The van der Waals surface area contributed by atoms with Crippen LogP contribution in [0, 0.1) is 6.92 Å². The first-order valence-electron chi connectivity index (χ1n) is 8.73. The Morgan fingerprint density at radius 3 is 2.50 bits per heavy atom. The number of anilines is 2. The van der Waals surface area contributed by atoms with Crippen LogP contribution in [-0.2, 0) is 16.3 Å². The Morgan fingerprint density at radius 2 is 1.85 bits per heavy atom. The molecule has 3 rings (SSSR count). The maximum Gasteiger partial charge on any atom is 0.152 e. The predicted octanol–water partition coefficient (Wildman–Crippen LogP) is 1.48. The van der Waals surface area contributed by atoms with E-state index in [9.17, 15) is 8.42 Å². The lowest BCUT2D eigenvalue weighted by atomic mass is 10.2. The van der Waals surface area contributed by atoms with E-state index in [-0.39, 0.29) is 17.5 Å². The van der Waals surface area contributed by atoms with Gasteiger partial charge in [-0.05, 0) is 37.5 Å². The van der Waals surface area contributed by atoms with Crippen molar-refractivity contribution >= 4 is 21.5 Å². The fourth-order valence-electron chi connectivity index (χ4n) is 3.14. The average molecular weight is 375 g/mol. The SMILES string of the molecule is Cc1nc(N(C)CCc2ccncc2)cc(N(C)C2CCS(=O)(=O)C2)n1. The van der Waals surface area contributed by atoms with Crippen LogP contribution in [-0.4, -0.2) is 61.6 Å². The smallest absolute Gasteiger partial charge is 0.152 e. The van der Waals surface area contributed by atoms with Gasteiger partial charge in [0.25, 0.3) is 0 Å². The Hall–Kier alpha value is -2.22. The third-order valence-corrected chi connectivity index (χ3v) is 6.56. The topological polar surface area (TPSA) is 79.3 Å². The lowest BCUT2D eigenvalue weighted by Crippen LogP contribution is -2.33. The standard InChI is InChI=1S/C18H25N5O2S/c1-14-20-17(22(2)10-6-15-4-8-19-9-5-15)12-18(21-14)23(3)16-7-11-26(24,25)13-16/h4-5,8-9,12,16H,6-7,10-11,13H2,1-3H3. The largest absolute Gasteiger partial charge is 0.359 e. The first kappa shape index (κ1) is 18.6. The average Bonchev–Trinajstić information content (AvgIpc) is 2.99. The summed E-state index contributed by atoms with van der Waals surface area (Å²) in [6, 6.07) is 5.94. The van der Waals surface area contributed by atoms with Crippen LogP contribution < -0.4 is 9.80 Å². The van der Waals surface area contributed by atoms with Gasteiger partial charge in [0.05, 0.1) is 11.5 Å². The molecule has 3 heterocycles. The molecule has 0 amide bonds. The first-order valence-corrected chi connectivity index (χ1v) is 10.6. The van der Waals surface area contributed by atoms with Gasteiger partial charge in [0.2, 0.25) is 0 Å². The Balaban J connectivity index is 1.72. The number of aromatic nitrogens is 3. The van der Waals surface area contributed by atoms with Gasteiger partial charge in [0.1, 0.15) is 17.5 Å². The fourth-order valence-corrected chi connectivity index (χ4v) is 4.92.